The maximum atomic E-state index is 13.2. The van der Waals surface area contributed by atoms with Gasteiger partial charge < -0.3 is 38.9 Å². The lowest BCUT2D eigenvalue weighted by Gasteiger charge is -2.37. The first kappa shape index (κ1) is 28.9. The van der Waals surface area contributed by atoms with Crippen molar-refractivity contribution < 1.29 is 38.4 Å². The van der Waals surface area contributed by atoms with E-state index in [2.05, 4.69) is 5.32 Å². The summed E-state index contributed by atoms with van der Waals surface area (Å²) in [7, 11) is 6.33. The van der Waals surface area contributed by atoms with Gasteiger partial charge in [-0.3, -0.25) is 9.69 Å². The number of β-amino-alcohol motifs (C(OH)–C–C–N with tert-alkyl or cyclic N) is 1. The number of hydrogen-bond donors (Lipinski definition) is 3. The lowest BCUT2D eigenvalue weighted by molar-refractivity contribution is -0.0954. The summed E-state index contributed by atoms with van der Waals surface area (Å²) < 4.78 is 27.9. The summed E-state index contributed by atoms with van der Waals surface area (Å²) in [6.07, 6.45) is -2.81. The van der Waals surface area contributed by atoms with E-state index >= 15 is 0 Å². The number of carbonyl (C=O) groups excluding carboxylic acids is 1. The van der Waals surface area contributed by atoms with Gasteiger partial charge in [0.25, 0.3) is 5.91 Å². The molecule has 42 heavy (non-hydrogen) atoms. The highest BCUT2D eigenvalue weighted by Gasteiger charge is 2.35. The number of benzene rings is 3. The summed E-state index contributed by atoms with van der Waals surface area (Å²) in [6, 6.07) is 17.1. The van der Waals surface area contributed by atoms with E-state index in [0.29, 0.717) is 41.1 Å². The normalized spacial score (nSPS) is 18.9. The van der Waals surface area contributed by atoms with Gasteiger partial charge in [0.2, 0.25) is 5.75 Å². The minimum Gasteiger partial charge on any atom is -0.497 e. The molecule has 4 aromatic rings. The number of ether oxygens (including phenoxy) is 4. The molecule has 1 saturated heterocycles. The standard InChI is InChI=1S/C31H32N2O9/c1-33-15-23(34)27(35)26(16-33)41-25-11-8-18-14-22(31(37)42-28(18)29(25)40-4)32-30(36)19-9-10-24(39-3)21(13-19)17-6-5-7-20(12-17)38-2/h5-14,23,26-27,34-35H,15-16H2,1-4H3,(H,32,36)/t23-,26?,27-/m1/s1. The van der Waals surface area contributed by atoms with E-state index in [-0.39, 0.29) is 22.8 Å². The number of aliphatic hydroxyl groups excluding tert-OH is 2. The number of hydrogen-bond acceptors (Lipinski definition) is 10. The number of rotatable bonds is 8. The molecule has 0 spiro atoms. The fourth-order valence-corrected chi connectivity index (χ4v) is 5.01. The molecule has 3 atom stereocenters. The fraction of sp³-hybridized carbons (Fsp3) is 0.290. The number of aliphatic hydroxyl groups is 2. The molecule has 2 heterocycles. The van der Waals surface area contributed by atoms with E-state index in [1.54, 1.807) is 44.6 Å². The lowest BCUT2D eigenvalue weighted by Crippen LogP contribution is -2.56. The van der Waals surface area contributed by atoms with Crippen LogP contribution in [-0.4, -0.2) is 80.8 Å². The van der Waals surface area contributed by atoms with E-state index < -0.39 is 29.8 Å². The first-order chi connectivity index (χ1) is 20.2. The average molecular weight is 577 g/mol. The zero-order valence-corrected chi connectivity index (χ0v) is 23.6. The van der Waals surface area contributed by atoms with Crippen LogP contribution in [0.1, 0.15) is 10.4 Å². The summed E-state index contributed by atoms with van der Waals surface area (Å²) in [6.45, 7) is 0.692. The zero-order chi connectivity index (χ0) is 30.0. The van der Waals surface area contributed by atoms with Gasteiger partial charge in [-0.05, 0) is 61.1 Å². The molecule has 1 aliphatic heterocycles. The maximum Gasteiger partial charge on any atom is 0.360 e. The number of amides is 1. The highest BCUT2D eigenvalue weighted by Crippen LogP contribution is 2.37. The van der Waals surface area contributed by atoms with Crippen molar-refractivity contribution in [1.82, 2.24) is 4.90 Å². The molecular formula is C31H32N2O9. The van der Waals surface area contributed by atoms with Gasteiger partial charge in [-0.25, -0.2) is 4.79 Å². The molecule has 0 bridgehead atoms. The predicted molar refractivity (Wildman–Crippen MR) is 156 cm³/mol. The highest BCUT2D eigenvalue weighted by atomic mass is 16.5. The molecule has 1 aromatic heterocycles. The van der Waals surface area contributed by atoms with Crippen LogP contribution in [0, 0.1) is 0 Å². The van der Waals surface area contributed by atoms with Crippen molar-refractivity contribution in [3.63, 3.8) is 0 Å². The molecule has 5 rings (SSSR count). The minimum absolute atomic E-state index is 0.0607. The number of nitrogens with one attached hydrogen (secondary N) is 1. The maximum absolute atomic E-state index is 13.2. The molecule has 1 aliphatic rings. The highest BCUT2D eigenvalue weighted by molar-refractivity contribution is 6.06. The second kappa shape index (κ2) is 12.1. The SMILES string of the molecule is COc1cccc(-c2cc(C(=O)Nc3cc4ccc(OC5CN(C)C[C@@H](O)[C@H]5O)c(OC)c4oc3=O)ccc2OC)c1. The summed E-state index contributed by atoms with van der Waals surface area (Å²) in [4.78, 5) is 28.1. The van der Waals surface area contributed by atoms with Crippen LogP contribution < -0.4 is 29.9 Å². The van der Waals surface area contributed by atoms with Gasteiger partial charge in [-0.15, -0.1) is 0 Å². The predicted octanol–water partition coefficient (Wildman–Crippen LogP) is 3.15. The molecule has 3 aromatic carbocycles. The van der Waals surface area contributed by atoms with E-state index in [1.165, 1.54) is 13.2 Å². The fourth-order valence-electron chi connectivity index (χ4n) is 5.01. The van der Waals surface area contributed by atoms with Crippen molar-refractivity contribution in [3.8, 4) is 34.1 Å². The molecule has 1 fully saturated rings. The van der Waals surface area contributed by atoms with Crippen LogP contribution in [0.3, 0.4) is 0 Å². The van der Waals surface area contributed by atoms with E-state index in [9.17, 15) is 19.8 Å². The molecule has 1 unspecified atom stereocenters. The van der Waals surface area contributed by atoms with Crippen molar-refractivity contribution in [2.24, 2.45) is 0 Å². The minimum atomic E-state index is -1.10. The molecule has 0 saturated carbocycles. The van der Waals surface area contributed by atoms with Gasteiger partial charge in [0.1, 0.15) is 29.4 Å². The second-order valence-corrected chi connectivity index (χ2v) is 10.00. The molecule has 3 N–H and O–H groups in total. The van der Waals surface area contributed by atoms with Gasteiger partial charge in [-0.1, -0.05) is 12.1 Å². The van der Waals surface area contributed by atoms with Crippen molar-refractivity contribution >= 4 is 22.6 Å². The van der Waals surface area contributed by atoms with Gasteiger partial charge >= 0.3 is 5.63 Å². The smallest absolute Gasteiger partial charge is 0.360 e. The molecule has 11 nitrogen and oxygen atoms in total. The number of piperidine rings is 1. The molecule has 0 aliphatic carbocycles. The lowest BCUT2D eigenvalue weighted by atomic mass is 10.0. The largest absolute Gasteiger partial charge is 0.497 e. The Morgan fingerprint density at radius 3 is 2.48 bits per heavy atom. The number of likely N-dealkylation sites (N-methyl/N-ethyl adjacent to an activating group) is 1. The molecule has 1 amide bonds. The first-order valence-corrected chi connectivity index (χ1v) is 13.2. The Bertz CT molecular complexity index is 1670. The third-order valence-corrected chi connectivity index (χ3v) is 7.16. The Morgan fingerprint density at radius 1 is 0.952 bits per heavy atom. The number of fused-ring (bicyclic) bond motifs is 1. The van der Waals surface area contributed by atoms with Crippen molar-refractivity contribution in [2.45, 2.75) is 18.3 Å². The number of likely N-dealkylation sites (tertiary alicyclic amines) is 1. The van der Waals surface area contributed by atoms with Gasteiger partial charge in [0, 0.05) is 29.6 Å². The van der Waals surface area contributed by atoms with E-state index in [4.69, 9.17) is 23.4 Å². The Balaban J connectivity index is 1.43. The monoisotopic (exact) mass is 576 g/mol. The Morgan fingerprint density at radius 2 is 1.74 bits per heavy atom. The third kappa shape index (κ3) is 5.75. The number of methoxy groups -OCH3 is 3. The van der Waals surface area contributed by atoms with Crippen LogP contribution >= 0.6 is 0 Å². The third-order valence-electron chi connectivity index (χ3n) is 7.16. The summed E-state index contributed by atoms with van der Waals surface area (Å²) in [5.74, 6) is 1.09. The first-order valence-electron chi connectivity index (χ1n) is 13.2. The quantitative estimate of drug-likeness (QED) is 0.268. The van der Waals surface area contributed by atoms with E-state index in [1.807, 2.05) is 36.2 Å². The van der Waals surface area contributed by atoms with Crippen LogP contribution in [0.25, 0.3) is 22.1 Å². The van der Waals surface area contributed by atoms with Crippen LogP contribution in [0.5, 0.6) is 23.0 Å². The summed E-state index contributed by atoms with van der Waals surface area (Å²) >= 11 is 0. The van der Waals surface area contributed by atoms with Gasteiger partial charge in [-0.2, -0.15) is 0 Å². The Hall–Kier alpha value is -4.58. The topological polar surface area (TPSA) is 140 Å². The van der Waals surface area contributed by atoms with Crippen LogP contribution in [0.15, 0.2) is 69.9 Å². The molecular weight excluding hydrogens is 544 g/mol. The zero-order valence-electron chi connectivity index (χ0n) is 23.6. The van der Waals surface area contributed by atoms with Crippen LogP contribution in [0.2, 0.25) is 0 Å². The average Bonchev–Trinajstić information content (AvgIpc) is 2.99. The van der Waals surface area contributed by atoms with Crippen molar-refractivity contribution in [3.05, 3.63) is 76.6 Å². The van der Waals surface area contributed by atoms with E-state index in [0.717, 1.165) is 5.56 Å². The molecule has 11 heteroatoms. The van der Waals surface area contributed by atoms with Crippen molar-refractivity contribution in [2.75, 3.05) is 46.8 Å². The number of anilines is 1. The van der Waals surface area contributed by atoms with Gasteiger partial charge in [0.15, 0.2) is 11.3 Å². The number of nitrogens with zero attached hydrogens (tertiary/aromatic N) is 1. The molecule has 220 valence electrons. The van der Waals surface area contributed by atoms with Crippen LogP contribution in [-0.2, 0) is 0 Å². The summed E-state index contributed by atoms with van der Waals surface area (Å²) in [5.41, 5.74) is 1.02. The Labute approximate surface area is 241 Å². The summed E-state index contributed by atoms with van der Waals surface area (Å²) in [5, 5.41) is 23.7. The van der Waals surface area contributed by atoms with Gasteiger partial charge in [0.05, 0.1) is 27.4 Å². The van der Waals surface area contributed by atoms with Crippen molar-refractivity contribution in [1.29, 1.82) is 0 Å². The Kier molecular flexibility index (Phi) is 8.34. The number of carbonyl (C=O) groups is 1. The molecule has 0 radical (unpaired) electrons. The second-order valence-electron chi connectivity index (χ2n) is 10.00. The van der Waals surface area contributed by atoms with Crippen LogP contribution in [0.4, 0.5) is 5.69 Å².